The number of carbonyl (C=O) groups excluding carboxylic acids is 1. The minimum Gasteiger partial charge on any atom is -0.478 e. The molecule has 178 valence electrons. The number of amides is 1. The second-order valence-electron chi connectivity index (χ2n) is 7.35. The number of carboxylic acid groups (broad SMARTS) is 2. The maximum Gasteiger partial charge on any atom is 0.412 e. The van der Waals surface area contributed by atoms with Gasteiger partial charge in [0, 0.05) is 6.20 Å². The number of fused-ring (bicyclic) bond motifs is 1. The Morgan fingerprint density at radius 1 is 1.17 bits per heavy atom. The summed E-state index contributed by atoms with van der Waals surface area (Å²) in [5.41, 5.74) is 0.243. The van der Waals surface area contributed by atoms with Crippen LogP contribution in [0, 0.1) is 12.7 Å². The van der Waals surface area contributed by atoms with Crippen LogP contribution in [0.2, 0.25) is 0 Å². The average Bonchev–Trinajstić information content (AvgIpc) is 3.27. The second-order valence-corrected chi connectivity index (χ2v) is 7.35. The van der Waals surface area contributed by atoms with E-state index >= 15 is 0 Å². The molecule has 2 heterocycles. The van der Waals surface area contributed by atoms with Gasteiger partial charge in [0.1, 0.15) is 12.4 Å². The van der Waals surface area contributed by atoms with Gasteiger partial charge in [-0.2, -0.15) is 0 Å². The third-order valence-corrected chi connectivity index (χ3v) is 4.93. The Kier molecular flexibility index (Phi) is 5.97. The predicted molar refractivity (Wildman–Crippen MR) is 118 cm³/mol. The fourth-order valence-electron chi connectivity index (χ4n) is 3.26. The van der Waals surface area contributed by atoms with Gasteiger partial charge in [0.15, 0.2) is 0 Å². The summed E-state index contributed by atoms with van der Waals surface area (Å²) in [4.78, 5) is 56.6. The van der Waals surface area contributed by atoms with Crippen molar-refractivity contribution in [2.45, 2.75) is 13.5 Å². The van der Waals surface area contributed by atoms with E-state index in [-0.39, 0.29) is 23.4 Å². The van der Waals surface area contributed by atoms with Gasteiger partial charge in [0.2, 0.25) is 5.69 Å². The van der Waals surface area contributed by atoms with Gasteiger partial charge in [0.25, 0.3) is 5.56 Å². The number of rotatable bonds is 6. The number of H-pyrrole nitrogens is 1. The highest BCUT2D eigenvalue weighted by atomic mass is 19.1. The number of halogens is 1. The Labute approximate surface area is 194 Å². The molecule has 2 aromatic carbocycles. The van der Waals surface area contributed by atoms with Crippen molar-refractivity contribution in [2.75, 3.05) is 5.32 Å². The fraction of sp³-hybridized carbons (Fsp3) is 0.0909. The Bertz CT molecular complexity index is 1560. The SMILES string of the molecule is Cc1cc2[nH]c(=O)c(C(=O)O)nc2cc1-n1cnc(COC(=O)Nc2cc(C(=O)O)ccc2F)c1. The molecule has 12 nitrogen and oxygen atoms in total. The number of aryl methyl sites for hydroxylation is 1. The van der Waals surface area contributed by atoms with Crippen LogP contribution in [-0.2, 0) is 11.3 Å². The molecule has 1 amide bonds. The number of aromatic carboxylic acids is 2. The summed E-state index contributed by atoms with van der Waals surface area (Å²) in [5, 5.41) is 20.3. The summed E-state index contributed by atoms with van der Waals surface area (Å²) >= 11 is 0. The number of anilines is 1. The summed E-state index contributed by atoms with van der Waals surface area (Å²) in [7, 11) is 0. The van der Waals surface area contributed by atoms with E-state index in [1.54, 1.807) is 29.8 Å². The van der Waals surface area contributed by atoms with Gasteiger partial charge in [-0.3, -0.25) is 10.1 Å². The predicted octanol–water partition coefficient (Wildman–Crippen LogP) is 2.70. The number of aromatic nitrogens is 4. The molecule has 13 heteroatoms. The summed E-state index contributed by atoms with van der Waals surface area (Å²) in [5.74, 6) is -3.56. The van der Waals surface area contributed by atoms with Crippen molar-refractivity contribution >= 4 is 34.8 Å². The number of imidazole rings is 1. The monoisotopic (exact) mass is 481 g/mol. The Balaban J connectivity index is 1.50. The van der Waals surface area contributed by atoms with Crippen LogP contribution in [0.5, 0.6) is 0 Å². The molecule has 0 radical (unpaired) electrons. The van der Waals surface area contributed by atoms with Crippen molar-refractivity contribution in [3.8, 4) is 5.69 Å². The van der Waals surface area contributed by atoms with Crippen LogP contribution in [0.4, 0.5) is 14.9 Å². The maximum atomic E-state index is 13.9. The molecule has 4 N–H and O–H groups in total. The molecule has 0 atom stereocenters. The number of hydrogen-bond acceptors (Lipinski definition) is 7. The van der Waals surface area contributed by atoms with Gasteiger partial charge in [-0.1, -0.05) is 0 Å². The molecule has 0 fully saturated rings. The first kappa shape index (κ1) is 23.1. The lowest BCUT2D eigenvalue weighted by molar-refractivity contribution is 0.0681. The molecule has 0 saturated carbocycles. The zero-order valence-electron chi connectivity index (χ0n) is 17.9. The molecule has 2 aromatic heterocycles. The van der Waals surface area contributed by atoms with Crippen LogP contribution in [0.3, 0.4) is 0 Å². The molecule has 0 aliphatic rings. The van der Waals surface area contributed by atoms with Crippen LogP contribution in [0.1, 0.15) is 32.1 Å². The Morgan fingerprint density at radius 2 is 1.94 bits per heavy atom. The summed E-state index contributed by atoms with van der Waals surface area (Å²) in [6.45, 7) is 1.49. The number of benzene rings is 2. The summed E-state index contributed by atoms with van der Waals surface area (Å²) in [6.07, 6.45) is 1.97. The van der Waals surface area contributed by atoms with Crippen LogP contribution in [0.25, 0.3) is 16.7 Å². The minimum absolute atomic E-state index is 0.208. The molecule has 0 spiro atoms. The van der Waals surface area contributed by atoms with Gasteiger partial charge in [-0.25, -0.2) is 28.7 Å². The van der Waals surface area contributed by atoms with Crippen molar-refractivity contribution in [3.63, 3.8) is 0 Å². The highest BCUT2D eigenvalue weighted by Crippen LogP contribution is 2.21. The van der Waals surface area contributed by atoms with Crippen LogP contribution in [0.15, 0.2) is 47.7 Å². The van der Waals surface area contributed by atoms with Gasteiger partial charge in [0.05, 0.1) is 40.0 Å². The fourth-order valence-corrected chi connectivity index (χ4v) is 3.26. The highest BCUT2D eigenvalue weighted by molar-refractivity contribution is 5.91. The van der Waals surface area contributed by atoms with E-state index < -0.39 is 35.1 Å². The van der Waals surface area contributed by atoms with E-state index in [0.717, 1.165) is 23.8 Å². The normalized spacial score (nSPS) is 10.8. The zero-order chi connectivity index (χ0) is 25.3. The van der Waals surface area contributed by atoms with Crippen LogP contribution >= 0.6 is 0 Å². The maximum absolute atomic E-state index is 13.9. The quantitative estimate of drug-likeness (QED) is 0.322. The van der Waals surface area contributed by atoms with Crippen molar-refractivity contribution in [3.05, 3.63) is 81.5 Å². The lowest BCUT2D eigenvalue weighted by Gasteiger charge is -2.09. The molecule has 0 unspecified atom stereocenters. The zero-order valence-corrected chi connectivity index (χ0v) is 17.9. The minimum atomic E-state index is -1.45. The number of hydrogen-bond donors (Lipinski definition) is 4. The van der Waals surface area contributed by atoms with E-state index in [4.69, 9.17) is 14.9 Å². The van der Waals surface area contributed by atoms with E-state index in [9.17, 15) is 23.6 Å². The Morgan fingerprint density at radius 3 is 2.66 bits per heavy atom. The largest absolute Gasteiger partial charge is 0.478 e. The third kappa shape index (κ3) is 4.83. The van der Waals surface area contributed by atoms with E-state index in [2.05, 4.69) is 20.3 Å². The van der Waals surface area contributed by atoms with E-state index in [0.29, 0.717) is 16.9 Å². The molecule has 0 bridgehead atoms. The second kappa shape index (κ2) is 9.05. The third-order valence-electron chi connectivity index (χ3n) is 4.93. The number of carbonyl (C=O) groups is 3. The van der Waals surface area contributed by atoms with Crippen LogP contribution in [-0.4, -0.2) is 47.8 Å². The smallest absolute Gasteiger partial charge is 0.412 e. The molecular weight excluding hydrogens is 465 g/mol. The first-order valence-corrected chi connectivity index (χ1v) is 9.90. The molecule has 0 aliphatic heterocycles. The molecule has 0 saturated heterocycles. The Hall–Kier alpha value is -5.07. The summed E-state index contributed by atoms with van der Waals surface area (Å²) in [6, 6.07) is 6.15. The van der Waals surface area contributed by atoms with Crippen molar-refractivity contribution in [2.24, 2.45) is 0 Å². The molecule has 4 rings (SSSR count). The lowest BCUT2D eigenvalue weighted by atomic mass is 10.1. The number of nitrogens with zero attached hydrogens (tertiary/aromatic N) is 3. The average molecular weight is 481 g/mol. The van der Waals surface area contributed by atoms with Crippen molar-refractivity contribution < 1.29 is 33.7 Å². The number of aromatic amines is 1. The molecule has 0 aliphatic carbocycles. The number of ether oxygens (including phenoxy) is 1. The first-order chi connectivity index (χ1) is 16.6. The number of carboxylic acids is 2. The topological polar surface area (TPSA) is 176 Å². The number of nitrogens with one attached hydrogen (secondary N) is 2. The van der Waals surface area contributed by atoms with Crippen molar-refractivity contribution in [1.82, 2.24) is 19.5 Å². The van der Waals surface area contributed by atoms with E-state index in [1.807, 2.05) is 0 Å². The van der Waals surface area contributed by atoms with Crippen molar-refractivity contribution in [1.29, 1.82) is 0 Å². The lowest BCUT2D eigenvalue weighted by Crippen LogP contribution is -2.20. The first-order valence-electron chi connectivity index (χ1n) is 9.90. The standard InChI is InChI=1S/C22H16FN5O7/c1-10-4-15-16(25-18(21(32)33)19(29)26-15)6-17(10)28-7-12(24-9-28)8-35-22(34)27-14-5-11(20(30)31)2-3-13(14)23/h2-7,9H,8H2,1H3,(H,26,29)(H,27,34)(H,30,31)(H,32,33). The van der Waals surface area contributed by atoms with Gasteiger partial charge in [-0.05, 0) is 42.8 Å². The van der Waals surface area contributed by atoms with Gasteiger partial charge in [-0.15, -0.1) is 0 Å². The van der Waals surface area contributed by atoms with E-state index in [1.165, 1.54) is 6.33 Å². The van der Waals surface area contributed by atoms with Gasteiger partial charge < -0.3 is 24.5 Å². The van der Waals surface area contributed by atoms with Crippen LogP contribution < -0.4 is 10.9 Å². The van der Waals surface area contributed by atoms with Gasteiger partial charge >= 0.3 is 18.0 Å². The highest BCUT2D eigenvalue weighted by Gasteiger charge is 2.15. The molecular formula is C22H16FN5O7. The molecule has 35 heavy (non-hydrogen) atoms. The summed E-state index contributed by atoms with van der Waals surface area (Å²) < 4.78 is 20.5. The molecule has 4 aromatic rings.